The average Bonchev–Trinajstić information content (AvgIpc) is 1.96. The Morgan fingerprint density at radius 3 is 0.897 bits per heavy atom. The summed E-state index contributed by atoms with van der Waals surface area (Å²) in [6.45, 7) is 24.2. The number of rotatable bonds is 69. The van der Waals surface area contributed by atoms with Gasteiger partial charge in [-0.2, -0.15) is 0 Å². The van der Waals surface area contributed by atoms with E-state index in [-0.39, 0.29) is 6.61 Å². The van der Waals surface area contributed by atoms with Crippen LogP contribution in [0.4, 0.5) is 0 Å². The van der Waals surface area contributed by atoms with Gasteiger partial charge in [-0.05, 0) is 51.4 Å². The van der Waals surface area contributed by atoms with Crippen LogP contribution in [0.1, 0.15) is 364 Å². The summed E-state index contributed by atoms with van der Waals surface area (Å²) in [5.74, 6) is -1.41. The molecule has 0 aromatic heterocycles. The maximum atomic E-state index is 7.86. The molecule has 520 valence electrons. The van der Waals surface area contributed by atoms with Gasteiger partial charge >= 0.3 is 0 Å². The highest BCUT2D eigenvalue weighted by Gasteiger charge is 2.61. The van der Waals surface area contributed by atoms with Crippen LogP contribution >= 0.6 is 0 Å². The highest BCUT2D eigenvalue weighted by Crippen LogP contribution is 2.42. The fraction of sp³-hybridized carbons (Fsp3) is 1.00. The van der Waals surface area contributed by atoms with Gasteiger partial charge in [-0.3, -0.25) is 0 Å². The minimum absolute atomic E-state index is 0.165. The lowest BCUT2D eigenvalue weighted by molar-refractivity contribution is -0.396. The molecule has 0 radical (unpaired) electrons. The molecule has 0 aromatic carbocycles. The summed E-state index contributed by atoms with van der Waals surface area (Å²) in [5, 5.41) is 0. The van der Waals surface area contributed by atoms with E-state index in [1.54, 1.807) is 0 Å². The minimum Gasteiger partial charge on any atom is -0.379 e. The summed E-state index contributed by atoms with van der Waals surface area (Å²) in [5.41, 5.74) is 0. The zero-order valence-corrected chi connectivity index (χ0v) is 59.3. The third-order valence-electron chi connectivity index (χ3n) is 18.2. The Bertz CT molecular complexity index is 1380. The van der Waals surface area contributed by atoms with Crippen LogP contribution in [0.2, 0.25) is 0 Å². The fourth-order valence-electron chi connectivity index (χ4n) is 12.6. The van der Waals surface area contributed by atoms with Gasteiger partial charge < -0.3 is 52.1 Å². The van der Waals surface area contributed by atoms with Crippen molar-refractivity contribution in [3.05, 3.63) is 0 Å². The quantitative estimate of drug-likeness (QED) is 0.0544. The van der Waals surface area contributed by atoms with Crippen LogP contribution in [0.5, 0.6) is 0 Å². The van der Waals surface area contributed by atoms with Crippen molar-refractivity contribution in [1.82, 2.24) is 0 Å². The van der Waals surface area contributed by atoms with E-state index in [0.29, 0.717) is 66.1 Å². The van der Waals surface area contributed by atoms with Gasteiger partial charge in [-0.25, -0.2) is 0 Å². The molecule has 0 N–H and O–H groups in total. The number of hydrogen-bond acceptors (Lipinski definition) is 11. The monoisotopic (exact) mass is 1240 g/mol. The number of unbranched alkanes of at least 4 members (excludes halogenated alkanes) is 40. The van der Waals surface area contributed by atoms with Crippen LogP contribution in [0.15, 0.2) is 0 Å². The smallest absolute Gasteiger partial charge is 0.224 e. The Morgan fingerprint density at radius 2 is 0.529 bits per heavy atom. The highest BCUT2D eigenvalue weighted by atomic mass is 16.8. The van der Waals surface area contributed by atoms with Gasteiger partial charge in [0.05, 0.1) is 13.2 Å². The zero-order chi connectivity index (χ0) is 62.6. The lowest BCUT2D eigenvalue weighted by Gasteiger charge is -2.48. The Balaban J connectivity index is 2.85. The number of ether oxygens (including phenoxy) is 11. The second-order valence-electron chi connectivity index (χ2n) is 26.6. The summed E-state index contributed by atoms with van der Waals surface area (Å²) in [6.07, 6.45) is 52.5. The summed E-state index contributed by atoms with van der Waals surface area (Å²) in [6, 6.07) is 0. The van der Waals surface area contributed by atoms with Crippen molar-refractivity contribution in [3.63, 3.8) is 0 Å². The van der Waals surface area contributed by atoms with Crippen molar-refractivity contribution in [2.24, 2.45) is 0 Å². The van der Waals surface area contributed by atoms with Crippen molar-refractivity contribution in [3.8, 4) is 0 Å². The van der Waals surface area contributed by atoms with Gasteiger partial charge in [0.15, 0.2) is 6.29 Å². The first-order chi connectivity index (χ1) is 43.0. The predicted molar refractivity (Wildman–Crippen MR) is 366 cm³/mol. The Kier molecular flexibility index (Phi) is 58.6. The van der Waals surface area contributed by atoms with Crippen LogP contribution in [0.25, 0.3) is 0 Å². The Hall–Kier alpha value is -0.440. The topological polar surface area (TPSA) is 102 Å². The van der Waals surface area contributed by atoms with E-state index in [4.69, 9.17) is 52.1 Å². The third kappa shape index (κ3) is 41.8. The molecule has 0 aliphatic carbocycles. The van der Waals surface area contributed by atoms with Gasteiger partial charge in [0, 0.05) is 52.9 Å². The molecule has 0 spiro atoms. The maximum Gasteiger partial charge on any atom is 0.224 e. The second kappa shape index (κ2) is 61.7. The zero-order valence-electron chi connectivity index (χ0n) is 59.3. The van der Waals surface area contributed by atoms with Crippen LogP contribution in [0, 0.1) is 0 Å². The Morgan fingerprint density at radius 1 is 0.253 bits per heavy atom. The number of hydrogen-bond donors (Lipinski definition) is 0. The molecule has 87 heavy (non-hydrogen) atoms. The second-order valence-corrected chi connectivity index (χ2v) is 26.6. The molecule has 0 saturated carbocycles. The van der Waals surface area contributed by atoms with Gasteiger partial charge in [0.2, 0.25) is 5.79 Å². The van der Waals surface area contributed by atoms with Gasteiger partial charge in [-0.1, -0.05) is 312 Å². The highest BCUT2D eigenvalue weighted by molar-refractivity contribution is 5.02. The molecule has 11 heteroatoms. The van der Waals surface area contributed by atoms with Crippen LogP contribution in [-0.2, 0) is 52.1 Å². The molecular weight excluding hydrogens is 1090 g/mol. The molecule has 2 aliphatic heterocycles. The molecular formula is C76H150O11. The van der Waals surface area contributed by atoms with E-state index in [1.807, 2.05) is 0 Å². The largest absolute Gasteiger partial charge is 0.379 e. The normalized spacial score (nSPS) is 22.3. The van der Waals surface area contributed by atoms with Crippen molar-refractivity contribution >= 4 is 0 Å². The van der Waals surface area contributed by atoms with E-state index in [1.165, 1.54) is 212 Å². The lowest BCUT2D eigenvalue weighted by Crippen LogP contribution is -2.65. The molecule has 0 unspecified atom stereocenters. The van der Waals surface area contributed by atoms with E-state index in [2.05, 4.69) is 55.4 Å². The molecule has 2 saturated heterocycles. The van der Waals surface area contributed by atoms with Crippen molar-refractivity contribution < 1.29 is 52.1 Å². The predicted octanol–water partition coefficient (Wildman–Crippen LogP) is 21.7. The molecule has 2 fully saturated rings. The molecule has 2 aliphatic rings. The molecule has 2 rings (SSSR count). The van der Waals surface area contributed by atoms with Crippen molar-refractivity contribution in [2.75, 3.05) is 72.7 Å². The fourth-order valence-corrected chi connectivity index (χ4v) is 12.6. The Labute approximate surface area is 540 Å². The van der Waals surface area contributed by atoms with Gasteiger partial charge in [0.25, 0.3) is 0 Å². The standard InChI is InChI=1S/C76H150O11/c1-9-17-25-33-41-49-57-77-65-68-70(80-60-52-44-36-28-20-12-4)72(82-62-54-46-38-30-22-14-6)73(83-63-55-47-39-31-23-15-7)75(85-68)87-76(67-79-59-51-43-35-27-19-11-3)74(84-64-56-48-40-32-24-16-8)71(81-61-53-45-37-29-21-13-5)69(86-76)66-78-58-50-42-34-26-18-10-2/h68-75H,9-67H2,1-8H3/t68-,69-,70-,71-,72+,73-,74+,75-,76+/m1/s1. The minimum atomic E-state index is -1.41. The summed E-state index contributed by atoms with van der Waals surface area (Å²) >= 11 is 0. The lowest BCUT2D eigenvalue weighted by atomic mass is 9.97. The molecule has 0 amide bonds. The van der Waals surface area contributed by atoms with Crippen LogP contribution in [-0.4, -0.2) is 127 Å². The van der Waals surface area contributed by atoms with E-state index < -0.39 is 54.8 Å². The summed E-state index contributed by atoms with van der Waals surface area (Å²) in [4.78, 5) is 0. The average molecular weight is 1240 g/mol. The SMILES string of the molecule is CCCCCCCCOC[C@H]1O[C@@](COCCCCCCCC)(O[C@H]2O[C@H](COCCCCCCCC)[C@@H](OCCCCCCCC)[C@H](OCCCCCCCC)[C@H]2OCCCCCCCC)[C@@H](OCCCCCCCC)[C@@H]1OCCCCCCCC. The molecule has 2 heterocycles. The first-order valence-electron chi connectivity index (χ1n) is 38.8. The van der Waals surface area contributed by atoms with Crippen molar-refractivity contribution in [1.29, 1.82) is 0 Å². The van der Waals surface area contributed by atoms with Gasteiger partial charge in [0.1, 0.15) is 49.3 Å². The van der Waals surface area contributed by atoms with Gasteiger partial charge in [-0.15, -0.1) is 0 Å². The van der Waals surface area contributed by atoms with Crippen LogP contribution < -0.4 is 0 Å². The molecule has 0 bridgehead atoms. The van der Waals surface area contributed by atoms with E-state index >= 15 is 0 Å². The first-order valence-corrected chi connectivity index (χ1v) is 38.8. The summed E-state index contributed by atoms with van der Waals surface area (Å²) in [7, 11) is 0. The van der Waals surface area contributed by atoms with E-state index in [9.17, 15) is 0 Å². The molecule has 0 aromatic rings. The maximum absolute atomic E-state index is 7.86. The molecule has 11 nitrogen and oxygen atoms in total. The summed E-state index contributed by atoms with van der Waals surface area (Å²) < 4.78 is 79.6. The van der Waals surface area contributed by atoms with E-state index in [0.717, 1.165) is 96.3 Å². The molecule has 9 atom stereocenters. The third-order valence-corrected chi connectivity index (χ3v) is 18.2. The van der Waals surface area contributed by atoms with Crippen LogP contribution in [0.3, 0.4) is 0 Å². The first kappa shape index (κ1) is 82.7. The van der Waals surface area contributed by atoms with Crippen molar-refractivity contribution in [2.45, 2.75) is 418 Å².